The summed E-state index contributed by atoms with van der Waals surface area (Å²) >= 11 is 0. The molecule has 18 heavy (non-hydrogen) atoms. The van der Waals surface area contributed by atoms with Crippen LogP contribution in [0.15, 0.2) is 12.1 Å². The highest BCUT2D eigenvalue weighted by molar-refractivity contribution is 5.93. The van der Waals surface area contributed by atoms with Crippen LogP contribution >= 0.6 is 0 Å². The summed E-state index contributed by atoms with van der Waals surface area (Å²) in [7, 11) is 1.88. The van der Waals surface area contributed by atoms with E-state index >= 15 is 0 Å². The van der Waals surface area contributed by atoms with Crippen molar-refractivity contribution < 1.29 is 9.18 Å². The van der Waals surface area contributed by atoms with Crippen LogP contribution in [0.4, 0.5) is 10.1 Å². The molecule has 0 aromatic heterocycles. The minimum atomic E-state index is -0.220. The summed E-state index contributed by atoms with van der Waals surface area (Å²) in [4.78, 5) is 11.3. The van der Waals surface area contributed by atoms with E-state index < -0.39 is 0 Å². The van der Waals surface area contributed by atoms with E-state index in [2.05, 4.69) is 10.6 Å². The molecule has 2 N–H and O–H groups in total. The van der Waals surface area contributed by atoms with Crippen molar-refractivity contribution in [1.29, 1.82) is 0 Å². The summed E-state index contributed by atoms with van der Waals surface area (Å²) < 4.78 is 14.1. The lowest BCUT2D eigenvalue weighted by Gasteiger charge is -2.22. The fourth-order valence-corrected chi connectivity index (χ4v) is 2.73. The van der Waals surface area contributed by atoms with Crippen LogP contribution in [-0.2, 0) is 11.2 Å². The van der Waals surface area contributed by atoms with Crippen molar-refractivity contribution in [2.24, 2.45) is 5.92 Å². The Labute approximate surface area is 106 Å². The molecule has 1 aliphatic heterocycles. The number of carbonyl (C=O) groups excluding carboxylic acids is 1. The highest BCUT2D eigenvalue weighted by Gasteiger charge is 2.33. The molecule has 96 valence electrons. The number of fused-ring (bicyclic) bond motifs is 1. The molecule has 0 bridgehead atoms. The number of hydrogen-bond donors (Lipinski definition) is 2. The highest BCUT2D eigenvalue weighted by atomic mass is 19.1. The highest BCUT2D eigenvalue weighted by Crippen LogP contribution is 2.42. The lowest BCUT2D eigenvalue weighted by molar-refractivity contribution is -0.116. The van der Waals surface area contributed by atoms with Crippen LogP contribution in [0.3, 0.4) is 0 Å². The molecule has 1 fully saturated rings. The third kappa shape index (κ3) is 2.01. The first-order chi connectivity index (χ1) is 8.69. The molecule has 3 rings (SSSR count). The molecule has 1 unspecified atom stereocenters. The molecule has 2 aliphatic rings. The van der Waals surface area contributed by atoms with E-state index in [1.165, 1.54) is 18.9 Å². The van der Waals surface area contributed by atoms with E-state index in [1.54, 1.807) is 0 Å². The molecule has 1 aromatic rings. The van der Waals surface area contributed by atoms with Gasteiger partial charge in [0, 0.05) is 23.7 Å². The number of anilines is 1. The van der Waals surface area contributed by atoms with Crippen molar-refractivity contribution in [3.05, 3.63) is 29.1 Å². The van der Waals surface area contributed by atoms with Crippen molar-refractivity contribution in [3.63, 3.8) is 0 Å². The van der Waals surface area contributed by atoms with Crippen LogP contribution in [0.1, 0.15) is 36.4 Å². The minimum Gasteiger partial charge on any atom is -0.326 e. The van der Waals surface area contributed by atoms with E-state index in [4.69, 9.17) is 0 Å². The van der Waals surface area contributed by atoms with Gasteiger partial charge in [-0.2, -0.15) is 0 Å². The standard InChI is InChI=1S/C14H17FN2O/c1-16-14(8-2-3-8)10-6-9-4-5-13(18)17-12(9)7-11(10)15/h6-8,14,16H,2-5H2,1H3,(H,17,18). The smallest absolute Gasteiger partial charge is 0.224 e. The lowest BCUT2D eigenvalue weighted by Crippen LogP contribution is -2.23. The molecule has 3 nitrogen and oxygen atoms in total. The molecular formula is C14H17FN2O. The Bertz CT molecular complexity index is 497. The monoisotopic (exact) mass is 248 g/mol. The van der Waals surface area contributed by atoms with E-state index in [1.807, 2.05) is 13.1 Å². The van der Waals surface area contributed by atoms with Gasteiger partial charge in [-0.05, 0) is 49.9 Å². The van der Waals surface area contributed by atoms with Crippen molar-refractivity contribution in [1.82, 2.24) is 5.32 Å². The van der Waals surface area contributed by atoms with E-state index in [0.717, 1.165) is 11.1 Å². The summed E-state index contributed by atoms with van der Waals surface area (Å²) in [6.07, 6.45) is 3.53. The Morgan fingerprint density at radius 3 is 2.83 bits per heavy atom. The average molecular weight is 248 g/mol. The van der Waals surface area contributed by atoms with Gasteiger partial charge in [0.25, 0.3) is 0 Å². The molecule has 0 spiro atoms. The van der Waals surface area contributed by atoms with Crippen molar-refractivity contribution >= 4 is 11.6 Å². The van der Waals surface area contributed by atoms with Gasteiger partial charge in [-0.3, -0.25) is 4.79 Å². The second-order valence-corrected chi connectivity index (χ2v) is 5.18. The zero-order valence-electron chi connectivity index (χ0n) is 10.4. The normalized spacial score (nSPS) is 20.2. The molecular weight excluding hydrogens is 231 g/mol. The number of carbonyl (C=O) groups is 1. The molecule has 4 heteroatoms. The number of rotatable bonds is 3. The Morgan fingerprint density at radius 1 is 1.39 bits per heavy atom. The molecule has 1 amide bonds. The number of nitrogens with one attached hydrogen (secondary N) is 2. The molecule has 1 saturated carbocycles. The largest absolute Gasteiger partial charge is 0.326 e. The Morgan fingerprint density at radius 2 is 2.17 bits per heavy atom. The molecule has 1 atom stereocenters. The molecule has 0 radical (unpaired) electrons. The summed E-state index contributed by atoms with van der Waals surface area (Å²) in [6, 6.07) is 3.49. The second-order valence-electron chi connectivity index (χ2n) is 5.18. The van der Waals surface area contributed by atoms with Crippen molar-refractivity contribution in [2.75, 3.05) is 12.4 Å². The maximum Gasteiger partial charge on any atom is 0.224 e. The van der Waals surface area contributed by atoms with Gasteiger partial charge >= 0.3 is 0 Å². The summed E-state index contributed by atoms with van der Waals surface area (Å²) in [5.74, 6) is 0.310. The second kappa shape index (κ2) is 4.35. The predicted octanol–water partition coefficient (Wildman–Crippen LogP) is 2.38. The van der Waals surface area contributed by atoms with E-state index in [-0.39, 0.29) is 17.8 Å². The molecule has 1 heterocycles. The van der Waals surface area contributed by atoms with Crippen molar-refractivity contribution in [3.8, 4) is 0 Å². The van der Waals surface area contributed by atoms with Crippen LogP contribution in [-0.4, -0.2) is 13.0 Å². The number of hydrogen-bond acceptors (Lipinski definition) is 2. The van der Waals surface area contributed by atoms with Gasteiger partial charge in [-0.1, -0.05) is 0 Å². The van der Waals surface area contributed by atoms with Gasteiger partial charge in [0.15, 0.2) is 0 Å². The van der Waals surface area contributed by atoms with Crippen LogP contribution in [0, 0.1) is 11.7 Å². The van der Waals surface area contributed by atoms with E-state index in [9.17, 15) is 9.18 Å². The molecule has 1 aliphatic carbocycles. The third-order valence-corrected chi connectivity index (χ3v) is 3.86. The fourth-order valence-electron chi connectivity index (χ4n) is 2.73. The van der Waals surface area contributed by atoms with Gasteiger partial charge in [0.2, 0.25) is 5.91 Å². The maximum absolute atomic E-state index is 14.1. The number of amides is 1. The average Bonchev–Trinajstić information content (AvgIpc) is 3.15. The van der Waals surface area contributed by atoms with Gasteiger partial charge in [-0.15, -0.1) is 0 Å². The summed E-state index contributed by atoms with van der Waals surface area (Å²) in [6.45, 7) is 0. The van der Waals surface area contributed by atoms with Crippen LogP contribution in [0.25, 0.3) is 0 Å². The quantitative estimate of drug-likeness (QED) is 0.862. The maximum atomic E-state index is 14.1. The Hall–Kier alpha value is -1.42. The minimum absolute atomic E-state index is 0.0259. The zero-order chi connectivity index (χ0) is 12.7. The Balaban J connectivity index is 1.98. The lowest BCUT2D eigenvalue weighted by atomic mass is 9.95. The predicted molar refractivity (Wildman–Crippen MR) is 67.9 cm³/mol. The van der Waals surface area contributed by atoms with Crippen LogP contribution in [0.2, 0.25) is 0 Å². The fraction of sp³-hybridized carbons (Fsp3) is 0.500. The van der Waals surface area contributed by atoms with Gasteiger partial charge in [0.05, 0.1) is 0 Å². The van der Waals surface area contributed by atoms with E-state index in [0.29, 0.717) is 24.4 Å². The van der Waals surface area contributed by atoms with Crippen LogP contribution in [0.5, 0.6) is 0 Å². The first-order valence-corrected chi connectivity index (χ1v) is 6.48. The summed E-state index contributed by atoms with van der Waals surface area (Å²) in [5.41, 5.74) is 2.43. The first kappa shape index (κ1) is 11.7. The van der Waals surface area contributed by atoms with Gasteiger partial charge in [0.1, 0.15) is 5.82 Å². The number of halogens is 1. The van der Waals surface area contributed by atoms with Crippen LogP contribution < -0.4 is 10.6 Å². The number of benzene rings is 1. The zero-order valence-corrected chi connectivity index (χ0v) is 10.4. The first-order valence-electron chi connectivity index (χ1n) is 6.48. The van der Waals surface area contributed by atoms with Crippen molar-refractivity contribution in [2.45, 2.75) is 31.7 Å². The Kier molecular flexibility index (Phi) is 2.82. The third-order valence-electron chi connectivity index (χ3n) is 3.86. The molecule has 0 saturated heterocycles. The SMILES string of the molecule is CNC(c1cc2c(cc1F)NC(=O)CC2)C1CC1. The number of aryl methyl sites for hydroxylation is 1. The summed E-state index contributed by atoms with van der Waals surface area (Å²) in [5, 5.41) is 5.94. The van der Waals surface area contributed by atoms with Gasteiger partial charge in [-0.25, -0.2) is 4.39 Å². The van der Waals surface area contributed by atoms with Gasteiger partial charge < -0.3 is 10.6 Å². The molecule has 1 aromatic carbocycles. The topological polar surface area (TPSA) is 41.1 Å².